The second kappa shape index (κ2) is 5.00. The maximum absolute atomic E-state index is 12.6. The van der Waals surface area contributed by atoms with Gasteiger partial charge in [-0.1, -0.05) is 45.3 Å². The molecule has 0 aromatic rings. The second-order valence-electron chi connectivity index (χ2n) is 8.21. The van der Waals surface area contributed by atoms with Crippen molar-refractivity contribution in [3.63, 3.8) is 0 Å². The van der Waals surface area contributed by atoms with Crippen molar-refractivity contribution < 1.29 is 4.39 Å². The largest absolute Gasteiger partial charge is 0.216 e. The molecule has 112 valence electrons. The topological polar surface area (TPSA) is 0 Å². The zero-order valence-corrected chi connectivity index (χ0v) is 13.3. The van der Waals surface area contributed by atoms with Crippen molar-refractivity contribution in [3.05, 3.63) is 24.1 Å². The number of allylic oxidation sites excluding steroid dienone is 3. The lowest BCUT2D eigenvalue weighted by Crippen LogP contribution is -2.46. The Morgan fingerprint density at radius 1 is 1.25 bits per heavy atom. The van der Waals surface area contributed by atoms with Crippen LogP contribution in [0.2, 0.25) is 0 Å². The van der Waals surface area contributed by atoms with Gasteiger partial charge in [-0.05, 0) is 66.8 Å². The minimum Gasteiger partial charge on any atom is -0.216 e. The van der Waals surface area contributed by atoms with Crippen molar-refractivity contribution in [2.75, 3.05) is 0 Å². The number of hydrogen-bond donors (Lipinski definition) is 0. The molecule has 1 heteroatoms. The van der Waals surface area contributed by atoms with Gasteiger partial charge in [0.2, 0.25) is 0 Å². The molecular formula is C19H29F. The van der Waals surface area contributed by atoms with Gasteiger partial charge in [0.05, 0.1) is 6.33 Å². The predicted octanol–water partition coefficient (Wildman–Crippen LogP) is 6.05. The quantitative estimate of drug-likeness (QED) is 0.511. The summed E-state index contributed by atoms with van der Waals surface area (Å²) in [4.78, 5) is 0. The fourth-order valence-electron chi connectivity index (χ4n) is 5.65. The highest BCUT2D eigenvalue weighted by atomic mass is 19.1. The highest BCUT2D eigenvalue weighted by Gasteiger charge is 2.50. The van der Waals surface area contributed by atoms with Gasteiger partial charge in [0.25, 0.3) is 0 Å². The van der Waals surface area contributed by atoms with Gasteiger partial charge >= 0.3 is 0 Å². The SMILES string of the molecule is C[C@H]1CCC[C@]2(C)[C@H]3CC[C@](C)(/C=C/F)CC3=CC[C@@H]12. The number of rotatable bonds is 1. The molecule has 0 N–H and O–H groups in total. The van der Waals surface area contributed by atoms with Crippen molar-refractivity contribution in [2.45, 2.75) is 65.7 Å². The van der Waals surface area contributed by atoms with Crippen LogP contribution in [0.4, 0.5) is 4.39 Å². The highest BCUT2D eigenvalue weighted by molar-refractivity contribution is 5.24. The number of fused-ring (bicyclic) bond motifs is 3. The van der Waals surface area contributed by atoms with Gasteiger partial charge in [-0.3, -0.25) is 0 Å². The smallest absolute Gasteiger partial charge is 0.0832 e. The molecule has 3 aliphatic carbocycles. The molecule has 0 unspecified atom stereocenters. The molecular weight excluding hydrogens is 247 g/mol. The molecule has 2 saturated carbocycles. The van der Waals surface area contributed by atoms with Gasteiger partial charge in [0.1, 0.15) is 0 Å². The fraction of sp³-hybridized carbons (Fsp3) is 0.789. The van der Waals surface area contributed by atoms with E-state index in [0.717, 1.165) is 36.9 Å². The normalized spacial score (nSPS) is 48.6. The van der Waals surface area contributed by atoms with Gasteiger partial charge in [0.15, 0.2) is 0 Å². The van der Waals surface area contributed by atoms with Crippen molar-refractivity contribution in [3.8, 4) is 0 Å². The van der Waals surface area contributed by atoms with Crippen molar-refractivity contribution in [1.29, 1.82) is 0 Å². The van der Waals surface area contributed by atoms with Crippen molar-refractivity contribution in [2.24, 2.45) is 28.6 Å². The van der Waals surface area contributed by atoms with E-state index in [4.69, 9.17) is 0 Å². The molecule has 0 aromatic carbocycles. The molecule has 0 nitrogen and oxygen atoms in total. The van der Waals surface area contributed by atoms with E-state index in [1.54, 1.807) is 11.6 Å². The monoisotopic (exact) mass is 276 g/mol. The third kappa shape index (κ3) is 2.18. The van der Waals surface area contributed by atoms with Gasteiger partial charge in [-0.15, -0.1) is 0 Å². The van der Waals surface area contributed by atoms with Crippen LogP contribution in [0, 0.1) is 28.6 Å². The molecule has 3 rings (SSSR count). The lowest BCUT2D eigenvalue weighted by atomic mass is 9.49. The standard InChI is InChI=1S/C19H29F/c1-14-5-4-9-19(3)16(14)7-6-15-13-18(2,11-12-20)10-8-17(15)19/h6,11-12,14,16-17H,4-5,7-10,13H2,1-3H3/b12-11+/t14-,16-,17-,18+,19-/m0/s1. The van der Waals surface area contributed by atoms with E-state index < -0.39 is 0 Å². The molecule has 0 saturated heterocycles. The van der Waals surface area contributed by atoms with E-state index >= 15 is 0 Å². The molecule has 0 aromatic heterocycles. The van der Waals surface area contributed by atoms with Crippen LogP contribution in [0.3, 0.4) is 0 Å². The third-order valence-corrected chi connectivity index (χ3v) is 6.86. The molecule has 0 bridgehead atoms. The summed E-state index contributed by atoms with van der Waals surface area (Å²) < 4.78 is 12.6. The summed E-state index contributed by atoms with van der Waals surface area (Å²) in [7, 11) is 0. The first-order chi connectivity index (χ1) is 9.48. The molecule has 3 aliphatic rings. The van der Waals surface area contributed by atoms with Gasteiger partial charge in [-0.2, -0.15) is 0 Å². The van der Waals surface area contributed by atoms with Gasteiger partial charge in [-0.25, -0.2) is 4.39 Å². The Labute approximate surface area is 123 Å². The molecule has 0 spiro atoms. The molecule has 0 heterocycles. The minimum absolute atomic E-state index is 0.0561. The van der Waals surface area contributed by atoms with Gasteiger partial charge < -0.3 is 0 Å². The van der Waals surface area contributed by atoms with Crippen LogP contribution in [0.1, 0.15) is 65.7 Å². The summed E-state index contributed by atoms with van der Waals surface area (Å²) in [6.45, 7) is 7.23. The molecule has 0 aliphatic heterocycles. The van der Waals surface area contributed by atoms with E-state index in [-0.39, 0.29) is 5.41 Å². The first-order valence-electron chi connectivity index (χ1n) is 8.45. The molecule has 0 radical (unpaired) electrons. The summed E-state index contributed by atoms with van der Waals surface area (Å²) in [5, 5.41) is 0. The zero-order valence-electron chi connectivity index (χ0n) is 13.3. The highest BCUT2D eigenvalue weighted by Crippen LogP contribution is 2.60. The van der Waals surface area contributed by atoms with Crippen molar-refractivity contribution >= 4 is 0 Å². The summed E-state index contributed by atoms with van der Waals surface area (Å²) in [5.41, 5.74) is 2.22. The van der Waals surface area contributed by atoms with E-state index in [1.165, 1.54) is 32.1 Å². The average Bonchev–Trinajstić information content (AvgIpc) is 2.38. The lowest BCUT2D eigenvalue weighted by Gasteiger charge is -2.56. The maximum atomic E-state index is 12.6. The molecule has 0 amide bonds. The van der Waals surface area contributed by atoms with Crippen LogP contribution >= 0.6 is 0 Å². The molecule has 5 atom stereocenters. The Morgan fingerprint density at radius 2 is 2.05 bits per heavy atom. The summed E-state index contributed by atoms with van der Waals surface area (Å²) in [5.74, 6) is 2.53. The first kappa shape index (κ1) is 14.4. The van der Waals surface area contributed by atoms with Gasteiger partial charge in [0, 0.05) is 0 Å². The summed E-state index contributed by atoms with van der Waals surface area (Å²) in [6.07, 6.45) is 14.0. The minimum atomic E-state index is 0.0561. The van der Waals surface area contributed by atoms with Crippen LogP contribution < -0.4 is 0 Å². The Hall–Kier alpha value is -0.590. The lowest BCUT2D eigenvalue weighted by molar-refractivity contribution is -0.00431. The number of halogens is 1. The third-order valence-electron chi connectivity index (χ3n) is 6.86. The summed E-state index contributed by atoms with van der Waals surface area (Å²) in [6, 6.07) is 0. The van der Waals surface area contributed by atoms with Crippen LogP contribution in [0.15, 0.2) is 24.1 Å². The Morgan fingerprint density at radius 3 is 2.80 bits per heavy atom. The van der Waals surface area contributed by atoms with E-state index in [2.05, 4.69) is 26.8 Å². The Bertz CT molecular complexity index is 435. The maximum Gasteiger partial charge on any atom is 0.0832 e. The Balaban J connectivity index is 1.88. The van der Waals surface area contributed by atoms with Crippen LogP contribution in [0.25, 0.3) is 0 Å². The van der Waals surface area contributed by atoms with Crippen molar-refractivity contribution in [1.82, 2.24) is 0 Å². The van der Waals surface area contributed by atoms with E-state index in [0.29, 0.717) is 5.41 Å². The van der Waals surface area contributed by atoms with E-state index in [9.17, 15) is 4.39 Å². The molecule has 2 fully saturated rings. The molecule has 20 heavy (non-hydrogen) atoms. The second-order valence-corrected chi connectivity index (χ2v) is 8.21. The number of hydrogen-bond acceptors (Lipinski definition) is 0. The van der Waals surface area contributed by atoms with Crippen LogP contribution in [-0.2, 0) is 0 Å². The summed E-state index contributed by atoms with van der Waals surface area (Å²) >= 11 is 0. The zero-order chi connectivity index (χ0) is 14.4. The fourth-order valence-corrected chi connectivity index (χ4v) is 5.65. The predicted molar refractivity (Wildman–Crippen MR) is 83.0 cm³/mol. The van der Waals surface area contributed by atoms with Crippen LogP contribution in [0.5, 0.6) is 0 Å². The van der Waals surface area contributed by atoms with E-state index in [1.807, 2.05) is 0 Å². The van der Waals surface area contributed by atoms with Crippen LogP contribution in [-0.4, -0.2) is 0 Å². The Kier molecular flexibility index (Phi) is 3.59. The average molecular weight is 276 g/mol. The first-order valence-corrected chi connectivity index (χ1v) is 8.45.